The van der Waals surface area contributed by atoms with E-state index in [1.807, 2.05) is 6.92 Å². The molecule has 9 heteroatoms. The summed E-state index contributed by atoms with van der Waals surface area (Å²) in [4.78, 5) is 34.7. The Morgan fingerprint density at radius 2 is 2.00 bits per heavy atom. The van der Waals surface area contributed by atoms with Crippen molar-refractivity contribution in [2.45, 2.75) is 65.5 Å². The predicted octanol–water partition coefficient (Wildman–Crippen LogP) is 3.40. The zero-order valence-corrected chi connectivity index (χ0v) is 20.7. The maximum absolute atomic E-state index is 12.5. The highest BCUT2D eigenvalue weighted by molar-refractivity contribution is 5.87. The van der Waals surface area contributed by atoms with Crippen LogP contribution in [0.2, 0.25) is 0 Å². The van der Waals surface area contributed by atoms with Crippen LogP contribution in [0.5, 0.6) is 0 Å². The van der Waals surface area contributed by atoms with Crippen LogP contribution in [0.4, 0.5) is 16.6 Å². The highest BCUT2D eigenvalue weighted by atomic mass is 16.6. The number of amides is 2. The Kier molecular flexibility index (Phi) is 11.8. The van der Waals surface area contributed by atoms with Crippen molar-refractivity contribution in [3.63, 3.8) is 0 Å². The number of ether oxygens (including phenoxy) is 1. The second-order valence-corrected chi connectivity index (χ2v) is 8.38. The van der Waals surface area contributed by atoms with E-state index in [1.54, 1.807) is 27.0 Å². The molecule has 0 unspecified atom stereocenters. The quantitative estimate of drug-likeness (QED) is 0.265. The summed E-state index contributed by atoms with van der Waals surface area (Å²) in [5.41, 5.74) is 0.0931. The van der Waals surface area contributed by atoms with Gasteiger partial charge in [0.1, 0.15) is 17.5 Å². The van der Waals surface area contributed by atoms with E-state index in [9.17, 15) is 9.59 Å². The highest BCUT2D eigenvalue weighted by Crippen LogP contribution is 2.13. The molecular weight excluding hydrogens is 420 g/mol. The van der Waals surface area contributed by atoms with Gasteiger partial charge in [0.2, 0.25) is 11.9 Å². The van der Waals surface area contributed by atoms with Gasteiger partial charge in [-0.15, -0.1) is 6.58 Å². The molecule has 0 aliphatic carbocycles. The molecule has 0 bridgehead atoms. The smallest absolute Gasteiger partial charge is 0.410 e. The van der Waals surface area contributed by atoms with Gasteiger partial charge in [-0.3, -0.25) is 9.69 Å². The van der Waals surface area contributed by atoms with Crippen LogP contribution in [-0.2, 0) is 9.53 Å². The molecular formula is C24H38N6O3. The van der Waals surface area contributed by atoms with Crippen molar-refractivity contribution in [1.29, 1.82) is 0 Å². The minimum Gasteiger partial charge on any atom is -0.444 e. The van der Waals surface area contributed by atoms with E-state index in [0.717, 1.165) is 25.1 Å². The van der Waals surface area contributed by atoms with Gasteiger partial charge < -0.3 is 20.7 Å². The number of nitrogens with zero attached hydrogens (tertiary/aromatic N) is 3. The molecule has 2 amide bonds. The van der Waals surface area contributed by atoms with Crippen LogP contribution >= 0.6 is 0 Å². The Bertz CT molecular complexity index is 854. The summed E-state index contributed by atoms with van der Waals surface area (Å²) >= 11 is 0. The van der Waals surface area contributed by atoms with Crippen LogP contribution in [0, 0.1) is 11.8 Å². The number of anilines is 2. The van der Waals surface area contributed by atoms with Crippen molar-refractivity contribution >= 4 is 23.8 Å². The average molecular weight is 459 g/mol. The van der Waals surface area contributed by atoms with E-state index in [1.165, 1.54) is 18.0 Å². The lowest BCUT2D eigenvalue weighted by Crippen LogP contribution is -2.48. The Morgan fingerprint density at radius 3 is 2.61 bits per heavy atom. The second-order valence-electron chi connectivity index (χ2n) is 8.38. The van der Waals surface area contributed by atoms with E-state index < -0.39 is 17.7 Å². The third-order valence-electron chi connectivity index (χ3n) is 4.26. The molecule has 182 valence electrons. The van der Waals surface area contributed by atoms with Crippen LogP contribution < -0.4 is 16.0 Å². The summed E-state index contributed by atoms with van der Waals surface area (Å²) in [6.07, 6.45) is 4.76. The van der Waals surface area contributed by atoms with Crippen molar-refractivity contribution in [2.24, 2.45) is 0 Å². The van der Waals surface area contributed by atoms with Crippen molar-refractivity contribution in [3.05, 3.63) is 24.4 Å². The number of carbonyl (C=O) groups is 2. The van der Waals surface area contributed by atoms with E-state index in [-0.39, 0.29) is 5.91 Å². The normalized spacial score (nSPS) is 11.5. The molecule has 1 atom stereocenters. The van der Waals surface area contributed by atoms with Crippen molar-refractivity contribution in [2.75, 3.05) is 37.3 Å². The molecule has 33 heavy (non-hydrogen) atoms. The molecule has 1 rings (SSSR count). The summed E-state index contributed by atoms with van der Waals surface area (Å²) in [5, 5.41) is 9.19. The maximum Gasteiger partial charge on any atom is 0.410 e. The number of nitrogens with one attached hydrogen (secondary N) is 3. The SMILES string of the molecule is C=C[C@@H](C(=O)NCCCC#Cc1cnc(NCC)nc1NCCC)N(C)C(=O)OC(C)(C)C. The molecule has 3 N–H and O–H groups in total. The molecule has 1 aromatic rings. The van der Waals surface area contributed by atoms with Gasteiger partial charge in [0, 0.05) is 33.1 Å². The minimum atomic E-state index is -0.814. The van der Waals surface area contributed by atoms with Gasteiger partial charge in [0.15, 0.2) is 0 Å². The van der Waals surface area contributed by atoms with Gasteiger partial charge in [-0.25, -0.2) is 9.78 Å². The third kappa shape index (κ3) is 10.3. The zero-order valence-electron chi connectivity index (χ0n) is 20.7. The summed E-state index contributed by atoms with van der Waals surface area (Å²) in [6, 6.07) is -0.814. The van der Waals surface area contributed by atoms with Crippen LogP contribution in [-0.4, -0.2) is 65.2 Å². The number of rotatable bonds is 11. The van der Waals surface area contributed by atoms with Crippen LogP contribution in [0.3, 0.4) is 0 Å². The van der Waals surface area contributed by atoms with Gasteiger partial charge in [-0.2, -0.15) is 4.98 Å². The van der Waals surface area contributed by atoms with Gasteiger partial charge in [-0.1, -0.05) is 24.8 Å². The highest BCUT2D eigenvalue weighted by Gasteiger charge is 2.27. The van der Waals surface area contributed by atoms with E-state index in [4.69, 9.17) is 4.74 Å². The number of carbonyl (C=O) groups excluding carboxylic acids is 2. The largest absolute Gasteiger partial charge is 0.444 e. The van der Waals surface area contributed by atoms with E-state index in [0.29, 0.717) is 31.2 Å². The third-order valence-corrected chi connectivity index (χ3v) is 4.26. The number of likely N-dealkylation sites (N-methyl/N-ethyl adjacent to an activating group) is 1. The maximum atomic E-state index is 12.5. The molecule has 0 fully saturated rings. The van der Waals surface area contributed by atoms with Gasteiger partial charge >= 0.3 is 6.09 Å². The summed E-state index contributed by atoms with van der Waals surface area (Å²) in [6.45, 7) is 15.0. The van der Waals surface area contributed by atoms with Crippen molar-refractivity contribution in [3.8, 4) is 11.8 Å². The Labute approximate surface area is 197 Å². The molecule has 0 aliphatic heterocycles. The first-order chi connectivity index (χ1) is 15.6. The summed E-state index contributed by atoms with van der Waals surface area (Å²) < 4.78 is 5.31. The topological polar surface area (TPSA) is 108 Å². The zero-order chi connectivity index (χ0) is 24.9. The van der Waals surface area contributed by atoms with Gasteiger partial charge in [0.25, 0.3) is 0 Å². The molecule has 0 aliphatic rings. The van der Waals surface area contributed by atoms with Crippen molar-refractivity contribution < 1.29 is 14.3 Å². The molecule has 0 spiro atoms. The fourth-order valence-corrected chi connectivity index (χ4v) is 2.63. The molecule has 1 heterocycles. The average Bonchev–Trinajstić information content (AvgIpc) is 2.75. The fourth-order valence-electron chi connectivity index (χ4n) is 2.63. The van der Waals surface area contributed by atoms with Crippen molar-refractivity contribution in [1.82, 2.24) is 20.2 Å². The Morgan fingerprint density at radius 1 is 1.27 bits per heavy atom. The molecule has 0 aromatic carbocycles. The predicted molar refractivity (Wildman–Crippen MR) is 132 cm³/mol. The molecule has 0 saturated carbocycles. The lowest BCUT2D eigenvalue weighted by molar-refractivity contribution is -0.124. The van der Waals surface area contributed by atoms with E-state index in [2.05, 4.69) is 51.3 Å². The standard InChI is InChI=1S/C24H38N6O3/c1-8-15-26-20-18(17-28-22(29-20)25-10-3)14-12-11-13-16-27-21(31)19(9-2)30(7)23(32)33-24(4,5)6/h9,17,19H,2,8,10-11,13,15-16H2,1,3-7H3,(H,27,31)(H2,25,26,28,29)/t19-/m0/s1. The number of unbranched alkanes of at least 4 members (excludes halogenated alkanes) is 1. The van der Waals surface area contributed by atoms with Gasteiger partial charge in [0.05, 0.1) is 11.8 Å². The summed E-state index contributed by atoms with van der Waals surface area (Å²) in [5.74, 6) is 7.17. The van der Waals surface area contributed by atoms with Crippen LogP contribution in [0.1, 0.15) is 59.4 Å². The van der Waals surface area contributed by atoms with Crippen LogP contribution in [0.15, 0.2) is 18.9 Å². The number of hydrogen-bond donors (Lipinski definition) is 3. The molecule has 0 saturated heterocycles. The Hall–Kier alpha value is -3.28. The van der Waals surface area contributed by atoms with Gasteiger partial charge in [-0.05, 0) is 40.5 Å². The van der Waals surface area contributed by atoms with E-state index >= 15 is 0 Å². The fraction of sp³-hybridized carbons (Fsp3) is 0.583. The number of aromatic nitrogens is 2. The second kappa shape index (κ2) is 14.0. The van der Waals surface area contributed by atoms with Crippen LogP contribution in [0.25, 0.3) is 0 Å². The number of hydrogen-bond acceptors (Lipinski definition) is 7. The summed E-state index contributed by atoms with van der Waals surface area (Å²) in [7, 11) is 1.51. The lowest BCUT2D eigenvalue weighted by Gasteiger charge is -2.28. The first kappa shape index (κ1) is 27.8. The first-order valence-electron chi connectivity index (χ1n) is 11.3. The molecule has 9 nitrogen and oxygen atoms in total. The Balaban J connectivity index is 2.59. The monoisotopic (exact) mass is 458 g/mol. The molecule has 1 aromatic heterocycles. The minimum absolute atomic E-state index is 0.315. The first-order valence-corrected chi connectivity index (χ1v) is 11.3. The lowest BCUT2D eigenvalue weighted by atomic mass is 10.2. The molecule has 0 radical (unpaired) electrons.